The number of H-pyrrole nitrogens is 1. The number of aromatic nitrogens is 1. The normalized spacial score (nSPS) is 11.7. The molecule has 9 heteroatoms. The summed E-state index contributed by atoms with van der Waals surface area (Å²) in [6, 6.07) is 0. The molecule has 1 heterocycles. The topological polar surface area (TPSA) is 51.3 Å². The van der Waals surface area contributed by atoms with E-state index in [0.717, 1.165) is 7.11 Å². The number of ether oxygens (including phenoxy) is 2. The highest BCUT2D eigenvalue weighted by Crippen LogP contribution is 2.36. The van der Waals surface area contributed by atoms with Crippen LogP contribution in [0.1, 0.15) is 12.0 Å². The highest BCUT2D eigenvalue weighted by Gasteiger charge is 2.34. The Bertz CT molecular complexity index is 453. The number of aromatic amines is 1. The van der Waals surface area contributed by atoms with E-state index in [1.165, 1.54) is 0 Å². The summed E-state index contributed by atoms with van der Waals surface area (Å²) < 4.78 is 68.5. The van der Waals surface area contributed by atoms with Crippen molar-refractivity contribution in [3.8, 4) is 11.5 Å². The maximum atomic E-state index is 12.5. The zero-order valence-corrected chi connectivity index (χ0v) is 8.27. The van der Waals surface area contributed by atoms with Crippen LogP contribution in [0.25, 0.3) is 0 Å². The minimum atomic E-state index is -5.08. The fourth-order valence-corrected chi connectivity index (χ4v) is 1.12. The second-order valence-corrected chi connectivity index (χ2v) is 2.78. The fraction of sp³-hybridized carbons (Fsp3) is 0.375. The first-order valence-corrected chi connectivity index (χ1v) is 4.09. The van der Waals surface area contributed by atoms with Crippen LogP contribution >= 0.6 is 0 Å². The van der Waals surface area contributed by atoms with E-state index in [1.807, 2.05) is 0 Å². The quantitative estimate of drug-likeness (QED) is 0.847. The van der Waals surface area contributed by atoms with Crippen LogP contribution in [0, 0.1) is 0 Å². The molecule has 1 N–H and O–H groups in total. The third-order valence-corrected chi connectivity index (χ3v) is 1.70. The zero-order valence-electron chi connectivity index (χ0n) is 8.27. The molecule has 0 spiro atoms. The van der Waals surface area contributed by atoms with Gasteiger partial charge in [0.15, 0.2) is 11.5 Å². The highest BCUT2D eigenvalue weighted by molar-refractivity contribution is 5.44. The standard InChI is InChI=1S/C8H6F5NO3/c1-16-5-3(17-8(11,12)13)2-14-7(15)4(5)6(9)10/h2,6H,1H3,(H,14,15). The van der Waals surface area contributed by atoms with Crippen LogP contribution < -0.4 is 15.0 Å². The Hall–Kier alpha value is -1.80. The lowest BCUT2D eigenvalue weighted by atomic mass is 10.2. The molecule has 0 fully saturated rings. The van der Waals surface area contributed by atoms with E-state index in [-0.39, 0.29) is 0 Å². The average molecular weight is 259 g/mol. The molecule has 0 atom stereocenters. The Balaban J connectivity index is 3.33. The third-order valence-electron chi connectivity index (χ3n) is 1.70. The second kappa shape index (κ2) is 4.60. The minimum absolute atomic E-state index is 0.501. The molecule has 0 saturated carbocycles. The van der Waals surface area contributed by atoms with E-state index in [1.54, 1.807) is 4.98 Å². The molecule has 0 unspecified atom stereocenters. The van der Waals surface area contributed by atoms with E-state index in [4.69, 9.17) is 0 Å². The molecular formula is C8H6F5NO3. The van der Waals surface area contributed by atoms with Crippen LogP contribution in [0.3, 0.4) is 0 Å². The molecule has 0 aromatic carbocycles. The molecule has 0 aliphatic heterocycles. The van der Waals surface area contributed by atoms with Gasteiger partial charge in [-0.25, -0.2) is 8.78 Å². The number of rotatable bonds is 3. The van der Waals surface area contributed by atoms with Gasteiger partial charge in [0.25, 0.3) is 12.0 Å². The van der Waals surface area contributed by atoms with Crippen LogP contribution in [0.15, 0.2) is 11.0 Å². The molecule has 0 aliphatic rings. The lowest BCUT2D eigenvalue weighted by Crippen LogP contribution is -2.21. The van der Waals surface area contributed by atoms with Gasteiger partial charge in [-0.2, -0.15) is 0 Å². The SMILES string of the molecule is COc1c(OC(F)(F)F)c[nH]c(=O)c1C(F)F. The van der Waals surface area contributed by atoms with Gasteiger partial charge >= 0.3 is 6.36 Å². The van der Waals surface area contributed by atoms with Gasteiger partial charge in [-0.05, 0) is 0 Å². The molecule has 96 valence electrons. The van der Waals surface area contributed by atoms with Crippen molar-refractivity contribution in [2.24, 2.45) is 0 Å². The van der Waals surface area contributed by atoms with Gasteiger partial charge in [-0.1, -0.05) is 0 Å². The summed E-state index contributed by atoms with van der Waals surface area (Å²) in [7, 11) is 0.851. The summed E-state index contributed by atoms with van der Waals surface area (Å²) in [5.41, 5.74) is -2.46. The predicted octanol–water partition coefficient (Wildman–Crippen LogP) is 2.22. The summed E-state index contributed by atoms with van der Waals surface area (Å²) in [6.45, 7) is 0. The van der Waals surface area contributed by atoms with Crippen LogP contribution in [-0.2, 0) is 0 Å². The molecule has 1 rings (SSSR count). The van der Waals surface area contributed by atoms with Gasteiger partial charge in [-0.3, -0.25) is 4.79 Å². The molecule has 1 aromatic heterocycles. The van der Waals surface area contributed by atoms with Crippen molar-refractivity contribution in [1.29, 1.82) is 0 Å². The number of hydrogen-bond donors (Lipinski definition) is 1. The molecule has 17 heavy (non-hydrogen) atoms. The molecule has 0 saturated heterocycles. The van der Waals surface area contributed by atoms with E-state index in [2.05, 4.69) is 9.47 Å². The lowest BCUT2D eigenvalue weighted by molar-refractivity contribution is -0.275. The van der Waals surface area contributed by atoms with Gasteiger partial charge in [-0.15, -0.1) is 13.2 Å². The third kappa shape index (κ3) is 3.08. The second-order valence-electron chi connectivity index (χ2n) is 2.78. The molecule has 0 radical (unpaired) electrons. The van der Waals surface area contributed by atoms with Crippen molar-refractivity contribution in [3.63, 3.8) is 0 Å². The van der Waals surface area contributed by atoms with Crippen LogP contribution in [0.5, 0.6) is 11.5 Å². The van der Waals surface area contributed by atoms with Crippen molar-refractivity contribution < 1.29 is 31.4 Å². The van der Waals surface area contributed by atoms with Gasteiger partial charge in [0.05, 0.1) is 13.3 Å². The maximum Gasteiger partial charge on any atom is 0.573 e. The van der Waals surface area contributed by atoms with Crippen molar-refractivity contribution in [2.45, 2.75) is 12.8 Å². The monoisotopic (exact) mass is 259 g/mol. The number of alkyl halides is 5. The fourth-order valence-electron chi connectivity index (χ4n) is 1.12. The molecule has 1 aromatic rings. The number of hydrogen-bond acceptors (Lipinski definition) is 3. The van der Waals surface area contributed by atoms with E-state index in [0.29, 0.717) is 6.20 Å². The predicted molar refractivity (Wildman–Crippen MR) is 45.3 cm³/mol. The molecule has 0 aliphatic carbocycles. The first-order chi connectivity index (χ1) is 7.76. The number of halogens is 5. The Morgan fingerprint density at radius 1 is 1.35 bits per heavy atom. The molecular weight excluding hydrogens is 253 g/mol. The van der Waals surface area contributed by atoms with Gasteiger partial charge < -0.3 is 14.5 Å². The summed E-state index contributed by atoms with van der Waals surface area (Å²) in [6.07, 6.45) is -7.86. The van der Waals surface area contributed by atoms with Crippen molar-refractivity contribution in [1.82, 2.24) is 4.98 Å². The Morgan fingerprint density at radius 2 is 1.94 bits per heavy atom. The van der Waals surface area contributed by atoms with Gasteiger partial charge in [0.2, 0.25) is 0 Å². The Kier molecular flexibility index (Phi) is 3.59. The number of pyridine rings is 1. The Labute approximate surface area is 91.0 Å². The summed E-state index contributed by atoms with van der Waals surface area (Å²) in [5.74, 6) is -1.98. The first kappa shape index (κ1) is 13.3. The van der Waals surface area contributed by atoms with Crippen LogP contribution in [-0.4, -0.2) is 18.5 Å². The first-order valence-electron chi connectivity index (χ1n) is 4.09. The summed E-state index contributed by atoms with van der Waals surface area (Å²) in [4.78, 5) is 12.7. The summed E-state index contributed by atoms with van der Waals surface area (Å²) in [5, 5.41) is 0. The van der Waals surface area contributed by atoms with E-state index in [9.17, 15) is 26.7 Å². The zero-order chi connectivity index (χ0) is 13.2. The van der Waals surface area contributed by atoms with Crippen LogP contribution in [0.4, 0.5) is 22.0 Å². The van der Waals surface area contributed by atoms with Gasteiger partial charge in [0, 0.05) is 0 Å². The minimum Gasteiger partial charge on any atom is -0.492 e. The highest BCUT2D eigenvalue weighted by atomic mass is 19.4. The average Bonchev–Trinajstić information content (AvgIpc) is 2.17. The largest absolute Gasteiger partial charge is 0.573 e. The van der Waals surface area contributed by atoms with Crippen LogP contribution in [0.2, 0.25) is 0 Å². The molecule has 4 nitrogen and oxygen atoms in total. The maximum absolute atomic E-state index is 12.5. The Morgan fingerprint density at radius 3 is 2.35 bits per heavy atom. The molecule has 0 amide bonds. The lowest BCUT2D eigenvalue weighted by Gasteiger charge is -2.14. The number of methoxy groups -OCH3 is 1. The molecule has 0 bridgehead atoms. The van der Waals surface area contributed by atoms with Crippen molar-refractivity contribution >= 4 is 0 Å². The van der Waals surface area contributed by atoms with E-state index < -0.39 is 35.4 Å². The van der Waals surface area contributed by atoms with E-state index >= 15 is 0 Å². The smallest absolute Gasteiger partial charge is 0.492 e. The number of nitrogens with one attached hydrogen (secondary N) is 1. The van der Waals surface area contributed by atoms with Crippen molar-refractivity contribution in [3.05, 3.63) is 22.1 Å². The van der Waals surface area contributed by atoms with Crippen molar-refractivity contribution in [2.75, 3.05) is 7.11 Å². The summed E-state index contributed by atoms with van der Waals surface area (Å²) >= 11 is 0. The van der Waals surface area contributed by atoms with Gasteiger partial charge in [0.1, 0.15) is 5.56 Å².